The molecule has 6 nitrogen and oxygen atoms in total. The third-order valence-corrected chi connectivity index (χ3v) is 4.56. The Morgan fingerprint density at radius 1 is 1.35 bits per heavy atom. The molecule has 1 unspecified atom stereocenters. The summed E-state index contributed by atoms with van der Waals surface area (Å²) >= 11 is 1.38. The smallest absolute Gasteiger partial charge is 0.230 e. The summed E-state index contributed by atoms with van der Waals surface area (Å²) in [5, 5.41) is 12.0. The Bertz CT molecular complexity index is 655. The van der Waals surface area contributed by atoms with Gasteiger partial charge in [-0.25, -0.2) is 0 Å². The Balaban J connectivity index is 2.02. The maximum atomic E-state index is 11.8. The number of carbonyl (C=O) groups is 1. The minimum absolute atomic E-state index is 0.0124. The number of rotatable bonds is 7. The fourth-order valence-electron chi connectivity index (χ4n) is 1.98. The van der Waals surface area contributed by atoms with Crippen LogP contribution in [0.4, 0.5) is 0 Å². The van der Waals surface area contributed by atoms with Crippen LogP contribution in [-0.2, 0) is 11.8 Å². The Morgan fingerprint density at radius 2 is 2.04 bits per heavy atom. The second-order valence-corrected chi connectivity index (χ2v) is 6.20. The predicted molar refractivity (Wildman–Crippen MR) is 91.6 cm³/mol. The van der Waals surface area contributed by atoms with Gasteiger partial charge in [0, 0.05) is 18.7 Å². The molecule has 1 heterocycles. The Morgan fingerprint density at radius 3 is 2.65 bits per heavy atom. The van der Waals surface area contributed by atoms with Gasteiger partial charge >= 0.3 is 0 Å². The lowest BCUT2D eigenvalue weighted by Crippen LogP contribution is -2.33. The van der Waals surface area contributed by atoms with Crippen LogP contribution in [0.3, 0.4) is 0 Å². The minimum Gasteiger partial charge on any atom is -0.497 e. The molecule has 0 aliphatic heterocycles. The molecule has 7 heteroatoms. The van der Waals surface area contributed by atoms with Gasteiger partial charge in [0.2, 0.25) is 5.91 Å². The van der Waals surface area contributed by atoms with E-state index in [1.165, 1.54) is 11.8 Å². The van der Waals surface area contributed by atoms with E-state index >= 15 is 0 Å². The second kappa shape index (κ2) is 8.01. The van der Waals surface area contributed by atoms with E-state index in [0.29, 0.717) is 5.75 Å². The first-order valence-electron chi connectivity index (χ1n) is 7.51. The molecular formula is C16H22N4O2S. The first-order valence-corrected chi connectivity index (χ1v) is 8.49. The molecule has 0 bridgehead atoms. The van der Waals surface area contributed by atoms with Crippen molar-refractivity contribution in [2.75, 3.05) is 12.9 Å². The SMILES string of the molecule is CCC(C)NC(=O)CSc1nnc(-c2ccc(OC)cc2)n1C. The minimum atomic E-state index is 0.0124. The summed E-state index contributed by atoms with van der Waals surface area (Å²) in [6.45, 7) is 4.04. The highest BCUT2D eigenvalue weighted by molar-refractivity contribution is 7.99. The quantitative estimate of drug-likeness (QED) is 0.788. The van der Waals surface area contributed by atoms with Crippen molar-refractivity contribution in [2.45, 2.75) is 31.5 Å². The fraction of sp³-hybridized carbons (Fsp3) is 0.438. The maximum Gasteiger partial charge on any atom is 0.230 e. The molecule has 0 radical (unpaired) electrons. The van der Waals surface area contributed by atoms with Crippen molar-refractivity contribution in [1.29, 1.82) is 0 Å². The van der Waals surface area contributed by atoms with Crippen molar-refractivity contribution >= 4 is 17.7 Å². The number of nitrogens with zero attached hydrogens (tertiary/aromatic N) is 3. The van der Waals surface area contributed by atoms with Gasteiger partial charge in [0.15, 0.2) is 11.0 Å². The number of methoxy groups -OCH3 is 1. The summed E-state index contributed by atoms with van der Waals surface area (Å²) in [7, 11) is 3.53. The van der Waals surface area contributed by atoms with Gasteiger partial charge in [-0.3, -0.25) is 4.79 Å². The van der Waals surface area contributed by atoms with E-state index in [9.17, 15) is 4.79 Å². The monoisotopic (exact) mass is 334 g/mol. The van der Waals surface area contributed by atoms with Gasteiger partial charge in [0.1, 0.15) is 5.75 Å². The zero-order chi connectivity index (χ0) is 16.8. The van der Waals surface area contributed by atoms with Gasteiger partial charge in [0.05, 0.1) is 12.9 Å². The highest BCUT2D eigenvalue weighted by Crippen LogP contribution is 2.24. The van der Waals surface area contributed by atoms with E-state index in [-0.39, 0.29) is 11.9 Å². The normalized spacial score (nSPS) is 12.0. The van der Waals surface area contributed by atoms with E-state index in [2.05, 4.69) is 15.5 Å². The van der Waals surface area contributed by atoms with E-state index in [1.54, 1.807) is 7.11 Å². The zero-order valence-corrected chi connectivity index (χ0v) is 14.7. The van der Waals surface area contributed by atoms with Crippen molar-refractivity contribution in [3.8, 4) is 17.1 Å². The fourth-order valence-corrected chi connectivity index (χ4v) is 2.70. The molecule has 0 fully saturated rings. The first-order chi connectivity index (χ1) is 11.0. The first kappa shape index (κ1) is 17.3. The molecule has 0 aliphatic carbocycles. The van der Waals surface area contributed by atoms with Gasteiger partial charge in [0.25, 0.3) is 0 Å². The summed E-state index contributed by atoms with van der Waals surface area (Å²) in [6, 6.07) is 7.84. The molecule has 1 amide bonds. The number of hydrogen-bond donors (Lipinski definition) is 1. The lowest BCUT2D eigenvalue weighted by molar-refractivity contribution is -0.119. The highest BCUT2D eigenvalue weighted by Gasteiger charge is 2.13. The largest absolute Gasteiger partial charge is 0.497 e. The van der Waals surface area contributed by atoms with Gasteiger partial charge < -0.3 is 14.6 Å². The average molecular weight is 334 g/mol. The number of ether oxygens (including phenoxy) is 1. The third-order valence-electron chi connectivity index (χ3n) is 3.54. The molecule has 124 valence electrons. The highest BCUT2D eigenvalue weighted by atomic mass is 32.2. The molecule has 1 aromatic heterocycles. The van der Waals surface area contributed by atoms with Crippen LogP contribution < -0.4 is 10.1 Å². The molecule has 0 aliphatic rings. The van der Waals surface area contributed by atoms with E-state index < -0.39 is 0 Å². The molecule has 1 aromatic carbocycles. The van der Waals surface area contributed by atoms with Crippen LogP contribution >= 0.6 is 11.8 Å². The second-order valence-electron chi connectivity index (χ2n) is 5.26. The summed E-state index contributed by atoms with van der Waals surface area (Å²) in [5.41, 5.74) is 0.955. The number of benzene rings is 1. The number of nitrogens with one attached hydrogen (secondary N) is 1. The zero-order valence-electron chi connectivity index (χ0n) is 13.9. The van der Waals surface area contributed by atoms with Crippen molar-refractivity contribution < 1.29 is 9.53 Å². The van der Waals surface area contributed by atoms with Crippen LogP contribution in [0.1, 0.15) is 20.3 Å². The number of carbonyl (C=O) groups excluding carboxylic acids is 1. The molecule has 1 atom stereocenters. The van der Waals surface area contributed by atoms with Gasteiger partial charge in [-0.2, -0.15) is 0 Å². The summed E-state index contributed by atoms with van der Waals surface area (Å²) in [6.07, 6.45) is 0.919. The molecule has 2 rings (SSSR count). The van der Waals surface area contributed by atoms with Crippen molar-refractivity contribution in [3.05, 3.63) is 24.3 Å². The maximum absolute atomic E-state index is 11.8. The molecule has 0 saturated carbocycles. The lowest BCUT2D eigenvalue weighted by atomic mass is 10.2. The summed E-state index contributed by atoms with van der Waals surface area (Å²) < 4.78 is 7.05. The van der Waals surface area contributed by atoms with Gasteiger partial charge in [-0.1, -0.05) is 18.7 Å². The molecule has 2 aromatic rings. The molecule has 1 N–H and O–H groups in total. The standard InChI is InChI=1S/C16H22N4O2S/c1-5-11(2)17-14(21)10-23-16-19-18-15(20(16)3)12-6-8-13(22-4)9-7-12/h6-9,11H,5,10H2,1-4H3,(H,17,21). The van der Waals surface area contributed by atoms with Crippen LogP contribution in [0.25, 0.3) is 11.4 Å². The molecule has 23 heavy (non-hydrogen) atoms. The van der Waals surface area contributed by atoms with Gasteiger partial charge in [-0.15, -0.1) is 10.2 Å². The van der Waals surface area contributed by atoms with E-state index in [0.717, 1.165) is 28.7 Å². The topological polar surface area (TPSA) is 69.0 Å². The van der Waals surface area contributed by atoms with Crippen molar-refractivity contribution in [1.82, 2.24) is 20.1 Å². The number of aromatic nitrogens is 3. The van der Waals surface area contributed by atoms with E-state index in [4.69, 9.17) is 4.74 Å². The van der Waals surface area contributed by atoms with E-state index in [1.807, 2.05) is 49.7 Å². The van der Waals surface area contributed by atoms with Crippen LogP contribution in [0.15, 0.2) is 29.4 Å². The average Bonchev–Trinajstić information content (AvgIpc) is 2.93. The number of hydrogen-bond acceptors (Lipinski definition) is 5. The van der Waals surface area contributed by atoms with Crippen LogP contribution in [0, 0.1) is 0 Å². The molecule has 0 spiro atoms. The van der Waals surface area contributed by atoms with Crippen LogP contribution in [0.5, 0.6) is 5.75 Å². The van der Waals surface area contributed by atoms with Crippen LogP contribution in [0.2, 0.25) is 0 Å². The number of thioether (sulfide) groups is 1. The summed E-state index contributed by atoms with van der Waals surface area (Å²) in [4.78, 5) is 11.8. The molecular weight excluding hydrogens is 312 g/mol. The Labute approximate surface area is 140 Å². The Hall–Kier alpha value is -2.02. The van der Waals surface area contributed by atoms with Crippen molar-refractivity contribution in [3.63, 3.8) is 0 Å². The predicted octanol–water partition coefficient (Wildman–Crippen LogP) is 2.50. The lowest BCUT2D eigenvalue weighted by Gasteiger charge is -2.10. The van der Waals surface area contributed by atoms with Crippen LogP contribution in [-0.4, -0.2) is 39.6 Å². The summed E-state index contributed by atoms with van der Waals surface area (Å²) in [5.74, 6) is 1.90. The van der Waals surface area contributed by atoms with Crippen molar-refractivity contribution in [2.24, 2.45) is 7.05 Å². The van der Waals surface area contributed by atoms with Gasteiger partial charge in [-0.05, 0) is 37.6 Å². The Kier molecular flexibility index (Phi) is 6.04. The third kappa shape index (κ3) is 4.48. The number of amides is 1. The molecule has 0 saturated heterocycles.